The first-order valence-electron chi connectivity index (χ1n) is 6.83. The van der Waals surface area contributed by atoms with Gasteiger partial charge in [-0.2, -0.15) is 0 Å². The molecule has 3 rings (SSSR count). The van der Waals surface area contributed by atoms with Gasteiger partial charge in [0.2, 0.25) is 0 Å². The topological polar surface area (TPSA) is 95.7 Å². The molecule has 2 aromatic rings. The fourth-order valence-electron chi connectivity index (χ4n) is 2.21. The smallest absolute Gasteiger partial charge is 0.173 e. The fourth-order valence-corrected chi connectivity index (χ4v) is 3.34. The van der Waals surface area contributed by atoms with Crippen LogP contribution in [-0.2, 0) is 0 Å². The van der Waals surface area contributed by atoms with Crippen molar-refractivity contribution in [3.05, 3.63) is 43.0 Å². The zero-order valence-corrected chi connectivity index (χ0v) is 12.4. The van der Waals surface area contributed by atoms with Crippen molar-refractivity contribution in [3.63, 3.8) is 0 Å². The Morgan fingerprint density at radius 2 is 1.82 bits per heavy atom. The predicted molar refractivity (Wildman–Crippen MR) is 82.4 cm³/mol. The third-order valence-corrected chi connectivity index (χ3v) is 4.67. The van der Waals surface area contributed by atoms with Crippen molar-refractivity contribution in [2.45, 2.75) is 23.7 Å². The molecule has 7 heteroatoms. The minimum absolute atomic E-state index is 0.315. The summed E-state index contributed by atoms with van der Waals surface area (Å²) in [7, 11) is 0. The first-order chi connectivity index (χ1) is 10.6. The molecule has 4 atom stereocenters. The van der Waals surface area contributed by atoms with Crippen LogP contribution in [0.3, 0.4) is 0 Å². The van der Waals surface area contributed by atoms with E-state index < -0.39 is 23.7 Å². The van der Waals surface area contributed by atoms with Crippen molar-refractivity contribution >= 4 is 11.8 Å². The Balaban J connectivity index is 1.76. The van der Waals surface area contributed by atoms with Crippen LogP contribution in [0, 0.1) is 0 Å². The van der Waals surface area contributed by atoms with Crippen LogP contribution in [0.15, 0.2) is 43.0 Å². The average molecular weight is 320 g/mol. The van der Waals surface area contributed by atoms with E-state index in [0.717, 1.165) is 11.1 Å². The molecule has 1 aromatic heterocycles. The van der Waals surface area contributed by atoms with E-state index in [-0.39, 0.29) is 0 Å². The van der Waals surface area contributed by atoms with Gasteiger partial charge in [-0.3, -0.25) is 0 Å². The van der Waals surface area contributed by atoms with Gasteiger partial charge < -0.3 is 20.1 Å². The van der Waals surface area contributed by atoms with Gasteiger partial charge in [0, 0.05) is 23.7 Å². The molecular formula is C15H16N2O4S. The lowest BCUT2D eigenvalue weighted by Gasteiger charge is -2.34. The largest absolute Gasteiger partial charge is 0.477 e. The van der Waals surface area contributed by atoms with Crippen molar-refractivity contribution in [1.29, 1.82) is 0 Å². The second kappa shape index (κ2) is 6.62. The van der Waals surface area contributed by atoms with Gasteiger partial charge in [0.05, 0.1) is 6.10 Å². The Morgan fingerprint density at radius 1 is 1.05 bits per heavy atom. The van der Waals surface area contributed by atoms with Crippen molar-refractivity contribution in [2.24, 2.45) is 0 Å². The van der Waals surface area contributed by atoms with Crippen LogP contribution in [0.25, 0.3) is 11.1 Å². The van der Waals surface area contributed by atoms with E-state index in [2.05, 4.69) is 9.97 Å². The Morgan fingerprint density at radius 3 is 2.59 bits per heavy atom. The van der Waals surface area contributed by atoms with Crippen molar-refractivity contribution in [3.8, 4) is 16.9 Å². The predicted octanol–water partition coefficient (Wildman–Crippen LogP) is 0.678. The molecule has 0 radical (unpaired) electrons. The summed E-state index contributed by atoms with van der Waals surface area (Å²) < 4.78 is 5.75. The lowest BCUT2D eigenvalue weighted by atomic mass is 10.1. The van der Waals surface area contributed by atoms with Gasteiger partial charge in [-0.1, -0.05) is 12.1 Å². The molecular weight excluding hydrogens is 304 g/mol. The van der Waals surface area contributed by atoms with Gasteiger partial charge in [0.25, 0.3) is 0 Å². The number of thioether (sulfide) groups is 1. The molecule has 6 nitrogen and oxygen atoms in total. The molecule has 1 aliphatic rings. The molecule has 0 unspecified atom stereocenters. The number of hydrogen-bond acceptors (Lipinski definition) is 7. The monoisotopic (exact) mass is 320 g/mol. The van der Waals surface area contributed by atoms with Crippen LogP contribution in [0.5, 0.6) is 5.75 Å². The van der Waals surface area contributed by atoms with Gasteiger partial charge in [0.1, 0.15) is 24.3 Å². The second-order valence-electron chi connectivity index (χ2n) is 5.02. The van der Waals surface area contributed by atoms with Gasteiger partial charge >= 0.3 is 0 Å². The van der Waals surface area contributed by atoms with Crippen LogP contribution >= 0.6 is 11.8 Å². The molecule has 0 saturated carbocycles. The maximum absolute atomic E-state index is 9.98. The molecule has 0 amide bonds. The number of aliphatic hydroxyl groups is 3. The van der Waals surface area contributed by atoms with E-state index in [1.807, 2.05) is 18.2 Å². The molecule has 22 heavy (non-hydrogen) atoms. The highest BCUT2D eigenvalue weighted by Crippen LogP contribution is 2.30. The molecule has 1 aromatic carbocycles. The standard InChI is InChI=1S/C15H16N2O4S/c18-12-7-22-15(14(20)13(12)19)21-11-3-1-2-9(4-11)10-5-16-8-17-6-10/h1-6,8,12-15,18-20H,7H2/t12-,13+,14-,15-/m1/s1. The highest BCUT2D eigenvalue weighted by atomic mass is 32.2. The maximum Gasteiger partial charge on any atom is 0.173 e. The zero-order chi connectivity index (χ0) is 15.5. The first kappa shape index (κ1) is 15.2. The van der Waals surface area contributed by atoms with Crippen LogP contribution < -0.4 is 4.74 Å². The molecule has 0 spiro atoms. The number of aliphatic hydroxyl groups excluding tert-OH is 3. The number of nitrogens with zero attached hydrogens (tertiary/aromatic N) is 2. The van der Waals surface area contributed by atoms with Crippen molar-refractivity contribution in [1.82, 2.24) is 9.97 Å². The summed E-state index contributed by atoms with van der Waals surface area (Å²) in [5, 5.41) is 29.2. The number of rotatable bonds is 3. The van der Waals surface area contributed by atoms with E-state index in [0.29, 0.717) is 11.5 Å². The molecule has 2 heterocycles. The third-order valence-electron chi connectivity index (χ3n) is 3.43. The minimum Gasteiger partial charge on any atom is -0.477 e. The second-order valence-corrected chi connectivity index (χ2v) is 6.15. The highest BCUT2D eigenvalue weighted by molar-refractivity contribution is 7.99. The molecule has 0 bridgehead atoms. The normalized spacial score (nSPS) is 28.3. The van der Waals surface area contributed by atoms with E-state index in [1.165, 1.54) is 18.1 Å². The summed E-state index contributed by atoms with van der Waals surface area (Å²) in [4.78, 5) is 7.96. The van der Waals surface area contributed by atoms with Gasteiger partial charge in [-0.05, 0) is 17.7 Å². The van der Waals surface area contributed by atoms with Crippen LogP contribution in [0.1, 0.15) is 0 Å². The van der Waals surface area contributed by atoms with Gasteiger partial charge in [0.15, 0.2) is 5.44 Å². The molecule has 3 N–H and O–H groups in total. The number of hydrogen-bond donors (Lipinski definition) is 3. The number of ether oxygens (including phenoxy) is 1. The Kier molecular flexibility index (Phi) is 4.58. The van der Waals surface area contributed by atoms with Crippen LogP contribution in [0.2, 0.25) is 0 Å². The average Bonchev–Trinajstić information content (AvgIpc) is 2.57. The maximum atomic E-state index is 9.98. The Hall–Kier alpha value is -1.67. The van der Waals surface area contributed by atoms with Crippen molar-refractivity contribution in [2.75, 3.05) is 5.75 Å². The number of benzene rings is 1. The summed E-state index contributed by atoms with van der Waals surface area (Å²) in [6, 6.07) is 7.35. The van der Waals surface area contributed by atoms with Crippen molar-refractivity contribution < 1.29 is 20.1 Å². The highest BCUT2D eigenvalue weighted by Gasteiger charge is 2.38. The molecule has 1 aliphatic heterocycles. The SMILES string of the molecule is O[C@@H]1[C@@H](O)[C@H](Oc2cccc(-c3cncnc3)c2)SC[C@H]1O. The van der Waals surface area contributed by atoms with E-state index in [1.54, 1.807) is 18.5 Å². The van der Waals surface area contributed by atoms with E-state index in [9.17, 15) is 15.3 Å². The lowest BCUT2D eigenvalue weighted by Crippen LogP contribution is -2.50. The molecule has 1 saturated heterocycles. The quantitative estimate of drug-likeness (QED) is 0.765. The van der Waals surface area contributed by atoms with E-state index in [4.69, 9.17) is 4.74 Å². The summed E-state index contributed by atoms with van der Waals surface area (Å²) in [5.41, 5.74) is 1.13. The molecule has 0 aliphatic carbocycles. The third kappa shape index (κ3) is 3.22. The fraction of sp³-hybridized carbons (Fsp3) is 0.333. The Labute approximate surface area is 131 Å². The summed E-state index contributed by atoms with van der Waals surface area (Å²) in [5.74, 6) is 0.885. The zero-order valence-electron chi connectivity index (χ0n) is 11.6. The van der Waals surface area contributed by atoms with Crippen LogP contribution in [-0.4, -0.2) is 54.8 Å². The first-order valence-corrected chi connectivity index (χ1v) is 7.88. The number of aromatic nitrogens is 2. The van der Waals surface area contributed by atoms with Gasteiger partial charge in [-0.25, -0.2) is 9.97 Å². The summed E-state index contributed by atoms with van der Waals surface area (Å²) in [6.07, 6.45) is 1.60. The summed E-state index contributed by atoms with van der Waals surface area (Å²) in [6.45, 7) is 0. The summed E-state index contributed by atoms with van der Waals surface area (Å²) >= 11 is 1.27. The lowest BCUT2D eigenvalue weighted by molar-refractivity contribution is -0.0786. The van der Waals surface area contributed by atoms with E-state index >= 15 is 0 Å². The molecule has 116 valence electrons. The minimum atomic E-state index is -1.20. The Bertz CT molecular complexity index is 628. The van der Waals surface area contributed by atoms with Crippen LogP contribution in [0.4, 0.5) is 0 Å². The van der Waals surface area contributed by atoms with Gasteiger partial charge in [-0.15, -0.1) is 11.8 Å². The molecule has 1 fully saturated rings.